The van der Waals surface area contributed by atoms with E-state index >= 15 is 0 Å². The zero-order chi connectivity index (χ0) is 19.5. The lowest BCUT2D eigenvalue weighted by molar-refractivity contribution is 0.0746. The van der Waals surface area contributed by atoms with E-state index in [0.29, 0.717) is 49.9 Å². The van der Waals surface area contributed by atoms with Crippen LogP contribution in [-0.4, -0.2) is 57.1 Å². The summed E-state index contributed by atoms with van der Waals surface area (Å²) in [4.78, 5) is 38.9. The van der Waals surface area contributed by atoms with Gasteiger partial charge in [-0.2, -0.15) is 4.98 Å². The molecule has 9 heteroatoms. The summed E-state index contributed by atoms with van der Waals surface area (Å²) in [6, 6.07) is 6.76. The first kappa shape index (κ1) is 17.9. The van der Waals surface area contributed by atoms with Gasteiger partial charge >= 0.3 is 0 Å². The lowest BCUT2D eigenvalue weighted by Gasteiger charge is -2.35. The highest BCUT2D eigenvalue weighted by molar-refractivity contribution is 5.94. The van der Waals surface area contributed by atoms with Crippen molar-refractivity contribution in [1.29, 1.82) is 0 Å². The van der Waals surface area contributed by atoms with Crippen LogP contribution in [0.25, 0.3) is 11.4 Å². The highest BCUT2D eigenvalue weighted by Crippen LogP contribution is 2.20. The number of rotatable bonds is 4. The first-order valence-corrected chi connectivity index (χ1v) is 9.16. The number of piperazine rings is 1. The van der Waals surface area contributed by atoms with Gasteiger partial charge in [0.15, 0.2) is 0 Å². The van der Waals surface area contributed by atoms with E-state index < -0.39 is 0 Å². The standard InChI is InChI=1S/C19H20N6O3/c1-2-17-22-18(23-28-17)13-3-5-15(20-11-13)24-7-9-25(10-8-24)19(27)14-4-6-16(26)21-12-14/h3-6,11-12H,2,7-10H2,1H3,(H,21,26). The van der Waals surface area contributed by atoms with E-state index in [0.717, 1.165) is 11.4 Å². The zero-order valence-electron chi connectivity index (χ0n) is 15.5. The van der Waals surface area contributed by atoms with Gasteiger partial charge in [0.05, 0.1) is 5.56 Å². The number of pyridine rings is 2. The van der Waals surface area contributed by atoms with Crippen LogP contribution in [-0.2, 0) is 6.42 Å². The number of carbonyl (C=O) groups excluding carboxylic acids is 1. The van der Waals surface area contributed by atoms with Gasteiger partial charge in [-0.15, -0.1) is 0 Å². The van der Waals surface area contributed by atoms with Crippen LogP contribution in [0.5, 0.6) is 0 Å². The minimum atomic E-state index is -0.220. The molecule has 0 spiro atoms. The fraction of sp³-hybridized carbons (Fsp3) is 0.316. The molecule has 3 aromatic rings. The number of hydrogen-bond donors (Lipinski definition) is 1. The van der Waals surface area contributed by atoms with E-state index in [2.05, 4.69) is 25.0 Å². The highest BCUT2D eigenvalue weighted by Gasteiger charge is 2.23. The van der Waals surface area contributed by atoms with Crippen molar-refractivity contribution in [3.05, 3.63) is 58.5 Å². The first-order valence-electron chi connectivity index (χ1n) is 9.16. The second-order valence-electron chi connectivity index (χ2n) is 6.49. The van der Waals surface area contributed by atoms with Crippen LogP contribution < -0.4 is 10.5 Å². The van der Waals surface area contributed by atoms with Gasteiger partial charge in [0.2, 0.25) is 17.3 Å². The maximum atomic E-state index is 12.5. The molecule has 4 heterocycles. The number of amides is 1. The summed E-state index contributed by atoms with van der Waals surface area (Å²) in [5, 5.41) is 3.96. The van der Waals surface area contributed by atoms with Crippen LogP contribution in [0, 0.1) is 0 Å². The van der Waals surface area contributed by atoms with Crippen molar-refractivity contribution < 1.29 is 9.32 Å². The average Bonchev–Trinajstić information content (AvgIpc) is 3.23. The van der Waals surface area contributed by atoms with Crippen LogP contribution in [0.2, 0.25) is 0 Å². The quantitative estimate of drug-likeness (QED) is 0.728. The second-order valence-corrected chi connectivity index (χ2v) is 6.49. The van der Waals surface area contributed by atoms with E-state index in [-0.39, 0.29) is 11.5 Å². The van der Waals surface area contributed by atoms with Crippen molar-refractivity contribution in [3.8, 4) is 11.4 Å². The van der Waals surface area contributed by atoms with Gasteiger partial charge in [-0.1, -0.05) is 12.1 Å². The minimum absolute atomic E-state index is 0.0805. The van der Waals surface area contributed by atoms with E-state index in [1.807, 2.05) is 19.1 Å². The number of nitrogens with zero attached hydrogens (tertiary/aromatic N) is 5. The van der Waals surface area contributed by atoms with Crippen LogP contribution in [0.15, 0.2) is 46.0 Å². The Balaban J connectivity index is 1.38. The summed E-state index contributed by atoms with van der Waals surface area (Å²) < 4.78 is 5.14. The van der Waals surface area contributed by atoms with Crippen LogP contribution >= 0.6 is 0 Å². The number of anilines is 1. The van der Waals surface area contributed by atoms with Crippen molar-refractivity contribution in [1.82, 2.24) is 25.0 Å². The third-order valence-electron chi connectivity index (χ3n) is 4.70. The molecule has 144 valence electrons. The summed E-state index contributed by atoms with van der Waals surface area (Å²) >= 11 is 0. The molecule has 1 N–H and O–H groups in total. The van der Waals surface area contributed by atoms with Gasteiger partial charge in [-0.05, 0) is 18.2 Å². The highest BCUT2D eigenvalue weighted by atomic mass is 16.5. The number of aromatic nitrogens is 4. The third kappa shape index (κ3) is 3.64. The van der Waals surface area contributed by atoms with Crippen LogP contribution in [0.3, 0.4) is 0 Å². The topological polar surface area (TPSA) is 108 Å². The Morgan fingerprint density at radius 1 is 1.18 bits per heavy atom. The van der Waals surface area contributed by atoms with Gasteiger partial charge in [0, 0.05) is 56.6 Å². The monoisotopic (exact) mass is 380 g/mol. The Bertz CT molecular complexity index is 998. The normalized spacial score (nSPS) is 14.3. The van der Waals surface area contributed by atoms with Crippen LogP contribution in [0.4, 0.5) is 5.82 Å². The van der Waals surface area contributed by atoms with E-state index in [9.17, 15) is 9.59 Å². The molecule has 9 nitrogen and oxygen atoms in total. The Morgan fingerprint density at radius 2 is 2.00 bits per heavy atom. The van der Waals surface area contributed by atoms with Crippen molar-refractivity contribution >= 4 is 11.7 Å². The van der Waals surface area contributed by atoms with Crippen molar-refractivity contribution in [2.45, 2.75) is 13.3 Å². The molecule has 0 aliphatic carbocycles. The Kier molecular flexibility index (Phi) is 4.88. The molecule has 0 aromatic carbocycles. The molecule has 0 saturated carbocycles. The fourth-order valence-corrected chi connectivity index (χ4v) is 3.09. The summed E-state index contributed by atoms with van der Waals surface area (Å²) in [6.45, 7) is 4.51. The van der Waals surface area contributed by atoms with Crippen molar-refractivity contribution in [2.75, 3.05) is 31.1 Å². The molecule has 4 rings (SSSR count). The molecule has 0 bridgehead atoms. The number of H-pyrrole nitrogens is 1. The SMILES string of the molecule is CCc1nc(-c2ccc(N3CCN(C(=O)c4ccc(=O)[nH]c4)CC3)nc2)no1. The predicted molar refractivity (Wildman–Crippen MR) is 102 cm³/mol. The molecule has 28 heavy (non-hydrogen) atoms. The predicted octanol–water partition coefficient (Wildman–Crippen LogP) is 1.34. The number of nitrogens with one attached hydrogen (secondary N) is 1. The van der Waals surface area contributed by atoms with E-state index in [1.165, 1.54) is 12.3 Å². The van der Waals surface area contributed by atoms with Gasteiger partial charge in [0.1, 0.15) is 5.82 Å². The first-order chi connectivity index (χ1) is 13.6. The Hall–Kier alpha value is -3.49. The molecule has 1 amide bonds. The molecular formula is C19H20N6O3. The summed E-state index contributed by atoms with van der Waals surface area (Å²) in [5.74, 6) is 1.90. The van der Waals surface area contributed by atoms with E-state index in [1.54, 1.807) is 17.2 Å². The van der Waals surface area contributed by atoms with Gasteiger partial charge in [0.25, 0.3) is 5.91 Å². The molecule has 1 aliphatic heterocycles. The smallest absolute Gasteiger partial charge is 0.255 e. The number of aromatic amines is 1. The molecule has 1 fully saturated rings. The van der Waals surface area contributed by atoms with Crippen molar-refractivity contribution in [3.63, 3.8) is 0 Å². The summed E-state index contributed by atoms with van der Waals surface area (Å²) in [5.41, 5.74) is 1.07. The van der Waals surface area contributed by atoms with E-state index in [4.69, 9.17) is 4.52 Å². The molecule has 1 aliphatic rings. The molecule has 0 unspecified atom stereocenters. The second kappa shape index (κ2) is 7.63. The number of hydrogen-bond acceptors (Lipinski definition) is 7. The number of carbonyl (C=O) groups is 1. The summed E-state index contributed by atoms with van der Waals surface area (Å²) in [6.07, 6.45) is 3.89. The number of aryl methyl sites for hydroxylation is 1. The van der Waals surface area contributed by atoms with Crippen LogP contribution in [0.1, 0.15) is 23.2 Å². The zero-order valence-corrected chi connectivity index (χ0v) is 15.5. The molecular weight excluding hydrogens is 360 g/mol. The van der Waals surface area contributed by atoms with Gasteiger partial charge in [-0.25, -0.2) is 4.98 Å². The summed E-state index contributed by atoms with van der Waals surface area (Å²) in [7, 11) is 0. The average molecular weight is 380 g/mol. The fourth-order valence-electron chi connectivity index (χ4n) is 3.09. The Labute approximate surface area is 161 Å². The lowest BCUT2D eigenvalue weighted by Crippen LogP contribution is -2.49. The molecule has 1 saturated heterocycles. The van der Waals surface area contributed by atoms with Crippen molar-refractivity contribution in [2.24, 2.45) is 0 Å². The molecule has 3 aromatic heterocycles. The minimum Gasteiger partial charge on any atom is -0.353 e. The molecule has 0 radical (unpaired) electrons. The Morgan fingerprint density at radius 3 is 2.61 bits per heavy atom. The maximum absolute atomic E-state index is 12.5. The molecule has 0 atom stereocenters. The lowest BCUT2D eigenvalue weighted by atomic mass is 10.2. The van der Waals surface area contributed by atoms with Gasteiger partial charge < -0.3 is 19.3 Å². The largest absolute Gasteiger partial charge is 0.353 e. The third-order valence-corrected chi connectivity index (χ3v) is 4.70. The van der Waals surface area contributed by atoms with Gasteiger partial charge in [-0.3, -0.25) is 9.59 Å². The maximum Gasteiger partial charge on any atom is 0.255 e.